The van der Waals surface area contributed by atoms with Gasteiger partial charge in [0.1, 0.15) is 0 Å². The third-order valence-corrected chi connectivity index (χ3v) is 1.75. The highest BCUT2D eigenvalue weighted by molar-refractivity contribution is 4.67. The zero-order valence-electron chi connectivity index (χ0n) is 7.59. The van der Waals surface area contributed by atoms with Crippen molar-refractivity contribution in [2.45, 2.75) is 26.3 Å². The van der Waals surface area contributed by atoms with Gasteiger partial charge in [-0.1, -0.05) is 13.8 Å². The van der Waals surface area contributed by atoms with E-state index in [1.54, 1.807) is 0 Å². The highest BCUT2D eigenvalue weighted by atomic mass is 15.1. The predicted octanol–water partition coefficient (Wildman–Crippen LogP) is 0.921. The predicted molar refractivity (Wildman–Crippen MR) is 46.0 cm³/mol. The molecule has 0 aliphatic rings. The quantitative estimate of drug-likeness (QED) is 0.636. The van der Waals surface area contributed by atoms with Crippen molar-refractivity contribution in [2.75, 3.05) is 20.6 Å². The molecule has 0 aromatic carbocycles. The minimum Gasteiger partial charge on any atom is -0.329 e. The Morgan fingerprint density at radius 2 is 1.80 bits per heavy atom. The third-order valence-electron chi connectivity index (χ3n) is 1.75. The molecule has 0 aromatic heterocycles. The molecule has 0 bridgehead atoms. The van der Waals surface area contributed by atoms with E-state index in [0.29, 0.717) is 6.04 Å². The van der Waals surface area contributed by atoms with Crippen LogP contribution in [-0.2, 0) is 0 Å². The van der Waals surface area contributed by atoms with E-state index in [0.717, 1.165) is 12.5 Å². The van der Waals surface area contributed by atoms with Crippen LogP contribution in [0.25, 0.3) is 0 Å². The van der Waals surface area contributed by atoms with E-state index in [1.807, 2.05) is 0 Å². The molecular weight excluding hydrogens is 124 g/mol. The van der Waals surface area contributed by atoms with Crippen LogP contribution in [0.4, 0.5) is 0 Å². The van der Waals surface area contributed by atoms with Gasteiger partial charge in [0.2, 0.25) is 0 Å². The molecule has 10 heavy (non-hydrogen) atoms. The summed E-state index contributed by atoms with van der Waals surface area (Å²) in [6.07, 6.45) is 1.20. The summed E-state index contributed by atoms with van der Waals surface area (Å²) < 4.78 is 0. The van der Waals surface area contributed by atoms with Gasteiger partial charge in [-0.15, -0.1) is 0 Å². The lowest BCUT2D eigenvalue weighted by molar-refractivity contribution is 0.261. The second kappa shape index (κ2) is 4.69. The average molecular weight is 144 g/mol. The summed E-state index contributed by atoms with van der Waals surface area (Å²) in [6, 6.07) is 0.556. The summed E-state index contributed by atoms with van der Waals surface area (Å²) in [7, 11) is 4.17. The zero-order chi connectivity index (χ0) is 8.15. The normalized spacial score (nSPS) is 14.7. The summed E-state index contributed by atoms with van der Waals surface area (Å²) >= 11 is 0. The molecule has 2 heteroatoms. The van der Waals surface area contributed by atoms with E-state index in [-0.39, 0.29) is 0 Å². The zero-order valence-corrected chi connectivity index (χ0v) is 7.59. The van der Waals surface area contributed by atoms with Crippen LogP contribution < -0.4 is 5.73 Å². The largest absolute Gasteiger partial charge is 0.329 e. The second-order valence-corrected chi connectivity index (χ2v) is 3.48. The van der Waals surface area contributed by atoms with Crippen molar-refractivity contribution < 1.29 is 0 Å². The van der Waals surface area contributed by atoms with Crippen molar-refractivity contribution in [2.24, 2.45) is 11.7 Å². The number of hydrogen-bond acceptors (Lipinski definition) is 2. The van der Waals surface area contributed by atoms with Crippen LogP contribution in [0.1, 0.15) is 20.3 Å². The molecule has 1 unspecified atom stereocenters. The van der Waals surface area contributed by atoms with E-state index in [4.69, 9.17) is 5.73 Å². The Morgan fingerprint density at radius 1 is 1.30 bits per heavy atom. The van der Waals surface area contributed by atoms with Gasteiger partial charge < -0.3 is 10.6 Å². The van der Waals surface area contributed by atoms with Crippen LogP contribution in [0.15, 0.2) is 0 Å². The molecule has 0 aliphatic carbocycles. The molecule has 0 saturated heterocycles. The number of nitrogens with two attached hydrogens (primary N) is 1. The SMILES string of the molecule is CC(C)CC(CN)N(C)C. The fraction of sp³-hybridized carbons (Fsp3) is 1.00. The fourth-order valence-corrected chi connectivity index (χ4v) is 1.06. The highest BCUT2D eigenvalue weighted by Gasteiger charge is 2.09. The van der Waals surface area contributed by atoms with Crippen molar-refractivity contribution in [3.63, 3.8) is 0 Å². The lowest BCUT2D eigenvalue weighted by Gasteiger charge is -2.24. The van der Waals surface area contributed by atoms with Gasteiger partial charge >= 0.3 is 0 Å². The molecule has 0 amide bonds. The maximum Gasteiger partial charge on any atom is 0.0214 e. The van der Waals surface area contributed by atoms with Gasteiger partial charge in [0.05, 0.1) is 0 Å². The van der Waals surface area contributed by atoms with Gasteiger partial charge in [-0.3, -0.25) is 0 Å². The van der Waals surface area contributed by atoms with E-state index < -0.39 is 0 Å². The first-order valence-electron chi connectivity index (χ1n) is 3.94. The van der Waals surface area contributed by atoms with Crippen molar-refractivity contribution in [1.82, 2.24) is 4.90 Å². The lowest BCUT2D eigenvalue weighted by atomic mass is 10.0. The van der Waals surface area contributed by atoms with Crippen molar-refractivity contribution >= 4 is 0 Å². The number of likely N-dealkylation sites (N-methyl/N-ethyl adjacent to an activating group) is 1. The van der Waals surface area contributed by atoms with Gasteiger partial charge in [-0.25, -0.2) is 0 Å². The smallest absolute Gasteiger partial charge is 0.0214 e. The molecule has 0 aromatic rings. The van der Waals surface area contributed by atoms with E-state index in [1.165, 1.54) is 6.42 Å². The number of rotatable bonds is 4. The maximum absolute atomic E-state index is 5.58. The molecule has 0 spiro atoms. The first-order valence-corrected chi connectivity index (χ1v) is 3.94. The van der Waals surface area contributed by atoms with Crippen molar-refractivity contribution in [3.8, 4) is 0 Å². The molecule has 0 heterocycles. The Bertz CT molecular complexity index is 79.3. The number of hydrogen-bond donors (Lipinski definition) is 1. The lowest BCUT2D eigenvalue weighted by Crippen LogP contribution is -2.36. The first-order chi connectivity index (χ1) is 4.57. The summed E-state index contributed by atoms with van der Waals surface area (Å²) in [5.41, 5.74) is 5.58. The van der Waals surface area contributed by atoms with Crippen LogP contribution in [0.2, 0.25) is 0 Å². The van der Waals surface area contributed by atoms with Crippen LogP contribution in [-0.4, -0.2) is 31.6 Å². The van der Waals surface area contributed by atoms with Crippen molar-refractivity contribution in [3.05, 3.63) is 0 Å². The van der Waals surface area contributed by atoms with Gasteiger partial charge in [0, 0.05) is 12.6 Å². The monoisotopic (exact) mass is 144 g/mol. The summed E-state index contributed by atoms with van der Waals surface area (Å²) in [5.74, 6) is 0.746. The van der Waals surface area contributed by atoms with E-state index >= 15 is 0 Å². The summed E-state index contributed by atoms with van der Waals surface area (Å²) in [4.78, 5) is 2.19. The molecule has 0 saturated carbocycles. The van der Waals surface area contributed by atoms with Crippen LogP contribution in [0.5, 0.6) is 0 Å². The average Bonchev–Trinajstić information content (AvgIpc) is 1.81. The molecular formula is C8H20N2. The third kappa shape index (κ3) is 3.85. The molecule has 62 valence electrons. The minimum atomic E-state index is 0.556. The molecule has 0 radical (unpaired) electrons. The van der Waals surface area contributed by atoms with Gasteiger partial charge in [-0.05, 0) is 26.4 Å². The fourth-order valence-electron chi connectivity index (χ4n) is 1.06. The first kappa shape index (κ1) is 9.92. The Hall–Kier alpha value is -0.0800. The highest BCUT2D eigenvalue weighted by Crippen LogP contribution is 2.06. The molecule has 1 atom stereocenters. The van der Waals surface area contributed by atoms with E-state index in [9.17, 15) is 0 Å². The molecule has 0 rings (SSSR count). The topological polar surface area (TPSA) is 29.3 Å². The maximum atomic E-state index is 5.58. The Labute approximate surface area is 64.4 Å². The molecule has 2 N–H and O–H groups in total. The Morgan fingerprint density at radius 3 is 1.90 bits per heavy atom. The Kier molecular flexibility index (Phi) is 4.65. The van der Waals surface area contributed by atoms with Gasteiger partial charge in [0.15, 0.2) is 0 Å². The van der Waals surface area contributed by atoms with Crippen LogP contribution in [0, 0.1) is 5.92 Å². The Balaban J connectivity index is 3.60. The minimum absolute atomic E-state index is 0.556. The molecule has 2 nitrogen and oxygen atoms in total. The summed E-state index contributed by atoms with van der Waals surface area (Å²) in [5, 5.41) is 0. The molecule has 0 fully saturated rings. The van der Waals surface area contributed by atoms with Crippen molar-refractivity contribution in [1.29, 1.82) is 0 Å². The van der Waals surface area contributed by atoms with Crippen LogP contribution >= 0.6 is 0 Å². The van der Waals surface area contributed by atoms with Gasteiger partial charge in [-0.2, -0.15) is 0 Å². The molecule has 0 aliphatic heterocycles. The second-order valence-electron chi connectivity index (χ2n) is 3.48. The standard InChI is InChI=1S/C8H20N2/c1-7(2)5-8(6-9)10(3)4/h7-8H,5-6,9H2,1-4H3. The van der Waals surface area contributed by atoms with Gasteiger partial charge in [0.25, 0.3) is 0 Å². The van der Waals surface area contributed by atoms with E-state index in [2.05, 4.69) is 32.8 Å². The summed E-state index contributed by atoms with van der Waals surface area (Å²) in [6.45, 7) is 5.23. The van der Waals surface area contributed by atoms with Crippen LogP contribution in [0.3, 0.4) is 0 Å². The number of nitrogens with zero attached hydrogens (tertiary/aromatic N) is 1.